The van der Waals surface area contributed by atoms with Crippen LogP contribution in [0.4, 0.5) is 10.5 Å². The summed E-state index contributed by atoms with van der Waals surface area (Å²) in [5, 5.41) is 2.78. The molecule has 1 aliphatic heterocycles. The van der Waals surface area contributed by atoms with Crippen LogP contribution in [0, 0.1) is 0 Å². The summed E-state index contributed by atoms with van der Waals surface area (Å²) in [5.41, 5.74) is 6.28. The first-order valence-corrected chi connectivity index (χ1v) is 6.50. The van der Waals surface area contributed by atoms with Gasteiger partial charge in [-0.15, -0.1) is 0 Å². The van der Waals surface area contributed by atoms with Crippen molar-refractivity contribution in [1.29, 1.82) is 0 Å². The van der Waals surface area contributed by atoms with E-state index in [1.54, 1.807) is 0 Å². The summed E-state index contributed by atoms with van der Waals surface area (Å²) in [6.45, 7) is 1.07. The van der Waals surface area contributed by atoms with Gasteiger partial charge in [-0.3, -0.25) is 9.89 Å². The molecule has 0 atom stereocenters. The Kier molecular flexibility index (Phi) is 3.68. The lowest BCUT2D eigenvalue weighted by molar-refractivity contribution is 0.236. The van der Waals surface area contributed by atoms with Gasteiger partial charge in [0.05, 0.1) is 18.8 Å². The van der Waals surface area contributed by atoms with Crippen molar-refractivity contribution in [3.8, 4) is 0 Å². The summed E-state index contributed by atoms with van der Waals surface area (Å²) in [6.07, 6.45) is 0. The molecule has 0 saturated heterocycles. The Morgan fingerprint density at radius 3 is 2.59 bits per heavy atom. The fraction of sp³-hybridized carbons (Fsp3) is 0.200. The number of amides is 2. The van der Waals surface area contributed by atoms with E-state index in [9.17, 15) is 4.79 Å². The zero-order valence-electron chi connectivity index (χ0n) is 8.78. The van der Waals surface area contributed by atoms with Gasteiger partial charge in [0.15, 0.2) is 5.96 Å². The van der Waals surface area contributed by atoms with Crippen LogP contribution in [0.1, 0.15) is 0 Å². The summed E-state index contributed by atoms with van der Waals surface area (Å²) in [4.78, 5) is 17.3. The van der Waals surface area contributed by atoms with E-state index in [1.807, 2.05) is 18.2 Å². The number of halogens is 2. The van der Waals surface area contributed by atoms with Crippen LogP contribution in [0.15, 0.2) is 32.1 Å². The van der Waals surface area contributed by atoms with Crippen LogP contribution in [-0.4, -0.2) is 30.0 Å². The van der Waals surface area contributed by atoms with Crippen LogP contribution >= 0.6 is 31.9 Å². The Balaban J connectivity index is 2.16. The Morgan fingerprint density at radius 2 is 2.06 bits per heavy atom. The molecular weight excluding hydrogens is 352 g/mol. The number of carbonyl (C=O) groups excluding carboxylic acids is 1. The van der Waals surface area contributed by atoms with Gasteiger partial charge in [0.1, 0.15) is 0 Å². The maximum Gasteiger partial charge on any atom is 0.328 e. The van der Waals surface area contributed by atoms with E-state index in [-0.39, 0.29) is 12.0 Å². The van der Waals surface area contributed by atoms with Crippen LogP contribution in [0.3, 0.4) is 0 Å². The van der Waals surface area contributed by atoms with Crippen molar-refractivity contribution in [1.82, 2.24) is 4.90 Å². The fourth-order valence-corrected chi connectivity index (χ4v) is 2.66. The molecule has 7 heteroatoms. The standard InChI is InChI=1S/C10H10Br2N4O/c11-6-2-1-3-7(12)8(6)15-10(17)16-5-4-14-9(16)13/h1-3H,4-5H2,(H2,13,14)(H,15,17). The quantitative estimate of drug-likeness (QED) is 0.806. The number of para-hydroxylation sites is 1. The second kappa shape index (κ2) is 5.05. The van der Waals surface area contributed by atoms with Crippen molar-refractivity contribution in [2.45, 2.75) is 0 Å². The number of carbonyl (C=O) groups is 1. The third kappa shape index (κ3) is 2.61. The zero-order valence-corrected chi connectivity index (χ0v) is 12.0. The Hall–Kier alpha value is -1.08. The lowest BCUT2D eigenvalue weighted by Crippen LogP contribution is -2.41. The first-order valence-electron chi connectivity index (χ1n) is 4.92. The molecule has 0 fully saturated rings. The minimum absolute atomic E-state index is 0.255. The summed E-state index contributed by atoms with van der Waals surface area (Å²) in [5.74, 6) is 0.255. The average molecular weight is 362 g/mol. The lowest BCUT2D eigenvalue weighted by atomic mass is 10.3. The minimum Gasteiger partial charge on any atom is -0.369 e. The van der Waals surface area contributed by atoms with Crippen LogP contribution in [0.5, 0.6) is 0 Å². The number of urea groups is 1. The van der Waals surface area contributed by atoms with E-state index in [0.717, 1.165) is 8.95 Å². The largest absolute Gasteiger partial charge is 0.369 e. The highest BCUT2D eigenvalue weighted by molar-refractivity contribution is 9.11. The molecule has 1 aromatic carbocycles. The normalized spacial score (nSPS) is 14.7. The van der Waals surface area contributed by atoms with Crippen molar-refractivity contribution in [3.63, 3.8) is 0 Å². The molecule has 1 aromatic rings. The number of nitrogens with two attached hydrogens (primary N) is 1. The summed E-state index contributed by atoms with van der Waals surface area (Å²) >= 11 is 6.75. The molecule has 3 N–H and O–H groups in total. The van der Waals surface area contributed by atoms with Crippen LogP contribution in [-0.2, 0) is 0 Å². The van der Waals surface area contributed by atoms with Crippen molar-refractivity contribution in [2.75, 3.05) is 18.4 Å². The molecule has 0 saturated carbocycles. The van der Waals surface area contributed by atoms with Crippen molar-refractivity contribution >= 4 is 49.5 Å². The number of hydrogen-bond acceptors (Lipinski definition) is 3. The molecule has 2 rings (SSSR count). The van der Waals surface area contributed by atoms with E-state index in [1.165, 1.54) is 4.90 Å². The van der Waals surface area contributed by atoms with E-state index in [0.29, 0.717) is 18.8 Å². The zero-order chi connectivity index (χ0) is 12.4. The molecule has 17 heavy (non-hydrogen) atoms. The molecule has 0 bridgehead atoms. The van der Waals surface area contributed by atoms with E-state index in [2.05, 4.69) is 42.2 Å². The first-order chi connectivity index (χ1) is 8.09. The molecule has 0 aromatic heterocycles. The molecule has 0 aliphatic carbocycles. The van der Waals surface area contributed by atoms with Crippen LogP contribution in [0.2, 0.25) is 0 Å². The molecule has 90 valence electrons. The highest BCUT2D eigenvalue weighted by Crippen LogP contribution is 2.30. The third-order valence-corrected chi connectivity index (χ3v) is 3.64. The van der Waals surface area contributed by atoms with Gasteiger partial charge in [-0.1, -0.05) is 6.07 Å². The van der Waals surface area contributed by atoms with Crippen molar-refractivity contribution < 1.29 is 4.79 Å². The topological polar surface area (TPSA) is 70.7 Å². The number of nitrogens with one attached hydrogen (secondary N) is 1. The van der Waals surface area contributed by atoms with Gasteiger partial charge in [0.25, 0.3) is 0 Å². The van der Waals surface area contributed by atoms with E-state index >= 15 is 0 Å². The van der Waals surface area contributed by atoms with Crippen LogP contribution < -0.4 is 11.1 Å². The molecule has 0 unspecified atom stereocenters. The number of guanidine groups is 1. The Labute approximate surface area is 115 Å². The Bertz CT molecular complexity index is 469. The molecular formula is C10H10Br2N4O. The number of benzene rings is 1. The third-order valence-electron chi connectivity index (χ3n) is 2.31. The average Bonchev–Trinajstić information content (AvgIpc) is 2.70. The molecule has 2 amide bonds. The van der Waals surface area contributed by atoms with Gasteiger partial charge in [0.2, 0.25) is 0 Å². The molecule has 1 aliphatic rings. The number of hydrogen-bond donors (Lipinski definition) is 2. The predicted octanol–water partition coefficient (Wildman–Crippen LogP) is 2.37. The van der Waals surface area contributed by atoms with E-state index < -0.39 is 0 Å². The maximum atomic E-state index is 11.9. The van der Waals surface area contributed by atoms with E-state index in [4.69, 9.17) is 5.73 Å². The summed E-state index contributed by atoms with van der Waals surface area (Å²) in [7, 11) is 0. The fourth-order valence-electron chi connectivity index (χ4n) is 1.46. The highest BCUT2D eigenvalue weighted by Gasteiger charge is 2.22. The van der Waals surface area contributed by atoms with Crippen molar-refractivity contribution in [3.05, 3.63) is 27.1 Å². The second-order valence-corrected chi connectivity index (χ2v) is 5.13. The summed E-state index contributed by atoms with van der Waals surface area (Å²) < 4.78 is 1.60. The van der Waals surface area contributed by atoms with Gasteiger partial charge in [-0.25, -0.2) is 4.79 Å². The number of nitrogens with zero attached hydrogens (tertiary/aromatic N) is 2. The summed E-state index contributed by atoms with van der Waals surface area (Å²) in [6, 6.07) is 5.29. The monoisotopic (exact) mass is 360 g/mol. The van der Waals surface area contributed by atoms with Crippen molar-refractivity contribution in [2.24, 2.45) is 10.7 Å². The molecule has 0 spiro atoms. The van der Waals surface area contributed by atoms with Gasteiger partial charge in [0, 0.05) is 8.95 Å². The number of rotatable bonds is 1. The smallest absolute Gasteiger partial charge is 0.328 e. The highest BCUT2D eigenvalue weighted by atomic mass is 79.9. The van der Waals surface area contributed by atoms with Crippen LogP contribution in [0.25, 0.3) is 0 Å². The second-order valence-electron chi connectivity index (χ2n) is 3.42. The number of anilines is 1. The van der Waals surface area contributed by atoms with Gasteiger partial charge in [-0.05, 0) is 44.0 Å². The molecule has 5 nitrogen and oxygen atoms in total. The maximum absolute atomic E-state index is 11.9. The lowest BCUT2D eigenvalue weighted by Gasteiger charge is -2.17. The number of aliphatic imine (C=N–C) groups is 1. The minimum atomic E-state index is -0.281. The SMILES string of the molecule is NC1=NCCN1C(=O)Nc1c(Br)cccc1Br. The molecule has 0 radical (unpaired) electrons. The van der Waals surface area contributed by atoms with Gasteiger partial charge < -0.3 is 11.1 Å². The Morgan fingerprint density at radius 1 is 1.41 bits per heavy atom. The van der Waals surface area contributed by atoms with Gasteiger partial charge in [-0.2, -0.15) is 0 Å². The van der Waals surface area contributed by atoms with Gasteiger partial charge >= 0.3 is 6.03 Å². The predicted molar refractivity (Wildman–Crippen MR) is 74.1 cm³/mol. The molecule has 1 heterocycles. The first kappa shape index (κ1) is 12.4.